The number of amides is 1. The standard InChI is InChI=1S/C15H12N2O3S/c18-14(17-15-16-7-9-21-15)12-6-8-19-13(12)10-20-11-4-2-1-3-5-11/h1-9H,10H2,(H,16,17,18). The Morgan fingerprint density at radius 1 is 1.29 bits per heavy atom. The van der Waals surface area contributed by atoms with E-state index in [0.29, 0.717) is 16.5 Å². The highest BCUT2D eigenvalue weighted by atomic mass is 32.1. The first-order chi connectivity index (χ1) is 10.3. The summed E-state index contributed by atoms with van der Waals surface area (Å²) in [6, 6.07) is 11.0. The highest BCUT2D eigenvalue weighted by Gasteiger charge is 2.16. The van der Waals surface area contributed by atoms with Crippen LogP contribution in [-0.4, -0.2) is 10.9 Å². The Balaban J connectivity index is 1.67. The average Bonchev–Trinajstić information content (AvgIpc) is 3.17. The Bertz CT molecular complexity index is 708. The lowest BCUT2D eigenvalue weighted by atomic mass is 10.2. The van der Waals surface area contributed by atoms with E-state index < -0.39 is 0 Å². The Morgan fingerprint density at radius 2 is 2.14 bits per heavy atom. The van der Waals surface area contributed by atoms with Gasteiger partial charge in [0.25, 0.3) is 5.91 Å². The smallest absolute Gasteiger partial charge is 0.261 e. The number of aromatic nitrogens is 1. The maximum atomic E-state index is 12.1. The average molecular weight is 300 g/mol. The summed E-state index contributed by atoms with van der Waals surface area (Å²) in [5.41, 5.74) is 0.445. The van der Waals surface area contributed by atoms with E-state index in [1.165, 1.54) is 17.6 Å². The molecule has 0 unspecified atom stereocenters. The largest absolute Gasteiger partial charge is 0.486 e. The third kappa shape index (κ3) is 3.29. The molecule has 5 nitrogen and oxygen atoms in total. The summed E-state index contributed by atoms with van der Waals surface area (Å²) in [6.07, 6.45) is 3.11. The summed E-state index contributed by atoms with van der Waals surface area (Å²) in [7, 11) is 0. The van der Waals surface area contributed by atoms with Crippen LogP contribution in [0.1, 0.15) is 16.1 Å². The van der Waals surface area contributed by atoms with Crippen LogP contribution in [0.3, 0.4) is 0 Å². The molecule has 0 saturated carbocycles. The molecular weight excluding hydrogens is 288 g/mol. The van der Waals surface area contributed by atoms with Gasteiger partial charge in [-0.3, -0.25) is 10.1 Å². The van der Waals surface area contributed by atoms with Gasteiger partial charge in [-0.15, -0.1) is 11.3 Å². The fourth-order valence-electron chi connectivity index (χ4n) is 1.77. The molecule has 0 fully saturated rings. The molecule has 2 aromatic heterocycles. The maximum Gasteiger partial charge on any atom is 0.261 e. The number of hydrogen-bond donors (Lipinski definition) is 1. The molecule has 0 radical (unpaired) electrons. The summed E-state index contributed by atoms with van der Waals surface area (Å²) in [5.74, 6) is 0.943. The number of nitrogens with zero attached hydrogens (tertiary/aromatic N) is 1. The van der Waals surface area contributed by atoms with Crippen molar-refractivity contribution < 1.29 is 13.9 Å². The quantitative estimate of drug-likeness (QED) is 0.782. The van der Waals surface area contributed by atoms with Crippen LogP contribution >= 0.6 is 11.3 Å². The van der Waals surface area contributed by atoms with Crippen molar-refractivity contribution in [1.82, 2.24) is 4.98 Å². The second-order valence-electron chi connectivity index (χ2n) is 4.15. The van der Waals surface area contributed by atoms with Crippen molar-refractivity contribution in [3.05, 3.63) is 65.6 Å². The van der Waals surface area contributed by atoms with Gasteiger partial charge in [-0.25, -0.2) is 4.98 Å². The molecule has 106 valence electrons. The SMILES string of the molecule is O=C(Nc1nccs1)c1ccoc1COc1ccccc1. The molecule has 0 spiro atoms. The van der Waals surface area contributed by atoms with Crippen LogP contribution in [0.25, 0.3) is 0 Å². The van der Waals surface area contributed by atoms with Gasteiger partial charge >= 0.3 is 0 Å². The number of furan rings is 1. The lowest BCUT2D eigenvalue weighted by Crippen LogP contribution is -2.13. The van der Waals surface area contributed by atoms with Crippen LogP contribution in [-0.2, 0) is 6.61 Å². The van der Waals surface area contributed by atoms with Crippen molar-refractivity contribution in [2.45, 2.75) is 6.61 Å². The number of carbonyl (C=O) groups excluding carboxylic acids is 1. The molecule has 1 N–H and O–H groups in total. The Labute approximate surface area is 125 Å². The van der Waals surface area contributed by atoms with E-state index in [2.05, 4.69) is 10.3 Å². The first-order valence-electron chi connectivity index (χ1n) is 6.28. The highest BCUT2D eigenvalue weighted by Crippen LogP contribution is 2.18. The number of rotatable bonds is 5. The number of nitrogens with one attached hydrogen (secondary N) is 1. The molecule has 6 heteroatoms. The van der Waals surface area contributed by atoms with Crippen LogP contribution in [0, 0.1) is 0 Å². The van der Waals surface area contributed by atoms with E-state index in [9.17, 15) is 4.79 Å². The molecule has 0 aliphatic heterocycles. The van der Waals surface area contributed by atoms with E-state index >= 15 is 0 Å². The number of hydrogen-bond acceptors (Lipinski definition) is 5. The fourth-order valence-corrected chi connectivity index (χ4v) is 2.29. The minimum absolute atomic E-state index is 0.192. The van der Waals surface area contributed by atoms with Gasteiger partial charge in [0.05, 0.1) is 11.8 Å². The van der Waals surface area contributed by atoms with Crippen molar-refractivity contribution in [3.63, 3.8) is 0 Å². The number of anilines is 1. The van der Waals surface area contributed by atoms with Gasteiger partial charge in [-0.1, -0.05) is 18.2 Å². The van der Waals surface area contributed by atoms with E-state index in [0.717, 1.165) is 5.75 Å². The zero-order chi connectivity index (χ0) is 14.5. The highest BCUT2D eigenvalue weighted by molar-refractivity contribution is 7.13. The first-order valence-corrected chi connectivity index (χ1v) is 7.16. The van der Waals surface area contributed by atoms with E-state index in [1.807, 2.05) is 30.3 Å². The molecule has 0 atom stereocenters. The molecule has 3 aromatic rings. The number of benzene rings is 1. The van der Waals surface area contributed by atoms with Gasteiger partial charge in [0.15, 0.2) is 10.9 Å². The number of carbonyl (C=O) groups is 1. The number of ether oxygens (including phenoxy) is 1. The summed E-state index contributed by atoms with van der Waals surface area (Å²) < 4.78 is 10.9. The predicted molar refractivity (Wildman–Crippen MR) is 79.5 cm³/mol. The summed E-state index contributed by atoms with van der Waals surface area (Å²) >= 11 is 1.36. The lowest BCUT2D eigenvalue weighted by Gasteiger charge is -2.05. The van der Waals surface area contributed by atoms with E-state index in [4.69, 9.17) is 9.15 Å². The van der Waals surface area contributed by atoms with Crippen LogP contribution in [0.15, 0.2) is 58.7 Å². The summed E-state index contributed by atoms with van der Waals surface area (Å²) in [5, 5.41) is 5.06. The Kier molecular flexibility index (Phi) is 3.97. The van der Waals surface area contributed by atoms with Crippen LogP contribution in [0.2, 0.25) is 0 Å². The van der Waals surface area contributed by atoms with Crippen molar-refractivity contribution in [2.75, 3.05) is 5.32 Å². The number of thiazole rings is 1. The maximum absolute atomic E-state index is 12.1. The van der Waals surface area contributed by atoms with Gasteiger partial charge in [-0.05, 0) is 18.2 Å². The lowest BCUT2D eigenvalue weighted by molar-refractivity contribution is 0.102. The minimum Gasteiger partial charge on any atom is -0.486 e. The van der Waals surface area contributed by atoms with Crippen molar-refractivity contribution in [2.24, 2.45) is 0 Å². The van der Waals surface area contributed by atoms with Gasteiger partial charge in [0.2, 0.25) is 0 Å². The van der Waals surface area contributed by atoms with Gasteiger partial charge < -0.3 is 9.15 Å². The monoisotopic (exact) mass is 300 g/mol. The van der Waals surface area contributed by atoms with Crippen molar-refractivity contribution in [3.8, 4) is 5.75 Å². The second kappa shape index (κ2) is 6.23. The van der Waals surface area contributed by atoms with E-state index in [-0.39, 0.29) is 12.5 Å². The van der Waals surface area contributed by atoms with Gasteiger partial charge in [0.1, 0.15) is 12.4 Å². The van der Waals surface area contributed by atoms with Gasteiger partial charge in [0, 0.05) is 11.6 Å². The van der Waals surface area contributed by atoms with Crippen LogP contribution in [0.4, 0.5) is 5.13 Å². The molecule has 1 aromatic carbocycles. The minimum atomic E-state index is -0.259. The summed E-state index contributed by atoms with van der Waals surface area (Å²) in [4.78, 5) is 16.2. The van der Waals surface area contributed by atoms with Crippen molar-refractivity contribution in [1.29, 1.82) is 0 Å². The van der Waals surface area contributed by atoms with Crippen LogP contribution < -0.4 is 10.1 Å². The molecule has 1 amide bonds. The molecule has 3 rings (SSSR count). The van der Waals surface area contributed by atoms with Crippen LogP contribution in [0.5, 0.6) is 5.75 Å². The molecule has 0 saturated heterocycles. The van der Waals surface area contributed by atoms with Crippen molar-refractivity contribution >= 4 is 22.4 Å². The van der Waals surface area contributed by atoms with E-state index in [1.54, 1.807) is 17.6 Å². The second-order valence-corrected chi connectivity index (χ2v) is 5.05. The Morgan fingerprint density at radius 3 is 2.90 bits per heavy atom. The normalized spacial score (nSPS) is 10.3. The van der Waals surface area contributed by atoms with Gasteiger partial charge in [-0.2, -0.15) is 0 Å². The molecule has 0 aliphatic carbocycles. The fraction of sp³-hybridized carbons (Fsp3) is 0.0667. The third-order valence-corrected chi connectivity index (χ3v) is 3.44. The summed E-state index contributed by atoms with van der Waals surface area (Å²) in [6.45, 7) is 0.192. The topological polar surface area (TPSA) is 64.4 Å². The third-order valence-electron chi connectivity index (χ3n) is 2.76. The molecule has 2 heterocycles. The number of para-hydroxylation sites is 1. The molecule has 0 aliphatic rings. The first kappa shape index (κ1) is 13.4. The zero-order valence-corrected chi connectivity index (χ0v) is 11.8. The predicted octanol–water partition coefficient (Wildman–Crippen LogP) is 3.57. The molecule has 0 bridgehead atoms. The zero-order valence-electron chi connectivity index (χ0n) is 11.0. The molecule has 21 heavy (non-hydrogen) atoms. The molecular formula is C15H12N2O3S. The Hall–Kier alpha value is -2.60.